The second-order valence-electron chi connectivity index (χ2n) is 3.59. The highest BCUT2D eigenvalue weighted by Gasteiger charge is 2.15. The second kappa shape index (κ2) is 6.51. The van der Waals surface area contributed by atoms with E-state index in [0.29, 0.717) is 5.71 Å². The molecule has 1 heterocycles. The molecule has 2 rings (SSSR count). The maximum Gasteiger partial charge on any atom is 0.309 e. The number of hydrogen-bond donors (Lipinski definition) is 2. The highest BCUT2D eigenvalue weighted by Crippen LogP contribution is 2.27. The number of carboxylic acid groups (broad SMARTS) is 1. The van der Waals surface area contributed by atoms with E-state index in [4.69, 9.17) is 5.11 Å². The van der Waals surface area contributed by atoms with E-state index in [9.17, 15) is 4.79 Å². The fourth-order valence-corrected chi connectivity index (χ4v) is 3.08. The van der Waals surface area contributed by atoms with Gasteiger partial charge >= 0.3 is 5.97 Å². The summed E-state index contributed by atoms with van der Waals surface area (Å²) in [4.78, 5) is 14.4. The summed E-state index contributed by atoms with van der Waals surface area (Å²) in [5.74, 6) is -0.0556. The first kappa shape index (κ1) is 13.0. The molecule has 94 valence electrons. The Morgan fingerprint density at radius 3 is 2.89 bits per heavy atom. The lowest BCUT2D eigenvalue weighted by molar-refractivity contribution is -0.135. The van der Waals surface area contributed by atoms with Crippen LogP contribution in [0.15, 0.2) is 45.7 Å². The molecule has 18 heavy (non-hydrogen) atoms. The SMILES string of the molecule is O=C(O)CC1=NNSC=C1SCc1ccccc1. The summed E-state index contributed by atoms with van der Waals surface area (Å²) < 4.78 is 0. The Kier molecular flexibility index (Phi) is 4.72. The predicted octanol–water partition coefficient (Wildman–Crippen LogP) is 2.84. The van der Waals surface area contributed by atoms with Gasteiger partial charge < -0.3 is 5.11 Å². The zero-order chi connectivity index (χ0) is 12.8. The number of carbonyl (C=O) groups is 1. The molecule has 4 nitrogen and oxygen atoms in total. The molecule has 1 aromatic rings. The monoisotopic (exact) mass is 280 g/mol. The Morgan fingerprint density at radius 1 is 1.39 bits per heavy atom. The van der Waals surface area contributed by atoms with Crippen LogP contribution in [0.4, 0.5) is 0 Å². The minimum atomic E-state index is -0.867. The zero-order valence-corrected chi connectivity index (χ0v) is 11.1. The molecule has 0 saturated heterocycles. The van der Waals surface area contributed by atoms with E-state index >= 15 is 0 Å². The summed E-state index contributed by atoms with van der Waals surface area (Å²) in [6, 6.07) is 10.1. The van der Waals surface area contributed by atoms with E-state index in [-0.39, 0.29) is 6.42 Å². The Morgan fingerprint density at radius 2 is 2.17 bits per heavy atom. The van der Waals surface area contributed by atoms with Crippen molar-refractivity contribution in [2.75, 3.05) is 0 Å². The van der Waals surface area contributed by atoms with Gasteiger partial charge in [0.2, 0.25) is 0 Å². The van der Waals surface area contributed by atoms with Crippen molar-refractivity contribution >= 4 is 35.4 Å². The van der Waals surface area contributed by atoms with Gasteiger partial charge in [-0.05, 0) is 17.5 Å². The third-order valence-corrected chi connectivity index (χ3v) is 4.08. The average Bonchev–Trinajstić information content (AvgIpc) is 2.38. The van der Waals surface area contributed by atoms with Crippen molar-refractivity contribution in [2.24, 2.45) is 5.10 Å². The van der Waals surface area contributed by atoms with Gasteiger partial charge in [-0.25, -0.2) is 4.83 Å². The van der Waals surface area contributed by atoms with E-state index < -0.39 is 5.97 Å². The number of aliphatic carboxylic acids is 1. The molecule has 0 aliphatic carbocycles. The fourth-order valence-electron chi connectivity index (χ4n) is 1.41. The lowest BCUT2D eigenvalue weighted by atomic mass is 10.2. The van der Waals surface area contributed by atoms with E-state index in [0.717, 1.165) is 10.7 Å². The maximum atomic E-state index is 10.7. The number of hydrazone groups is 1. The molecule has 0 saturated carbocycles. The summed E-state index contributed by atoms with van der Waals surface area (Å²) in [5, 5.41) is 14.7. The number of thioether (sulfide) groups is 1. The van der Waals surface area contributed by atoms with Crippen LogP contribution in [-0.2, 0) is 10.5 Å². The summed E-state index contributed by atoms with van der Waals surface area (Å²) in [5.41, 5.74) is 1.80. The first-order chi connectivity index (χ1) is 8.75. The predicted molar refractivity (Wildman–Crippen MR) is 76.2 cm³/mol. The molecule has 0 amide bonds. The molecular weight excluding hydrogens is 268 g/mol. The number of rotatable bonds is 5. The highest BCUT2D eigenvalue weighted by molar-refractivity contribution is 8.05. The van der Waals surface area contributed by atoms with Crippen molar-refractivity contribution in [1.82, 2.24) is 4.83 Å². The molecule has 0 aromatic heterocycles. The van der Waals surface area contributed by atoms with E-state index in [1.807, 2.05) is 23.6 Å². The molecule has 1 aliphatic heterocycles. The van der Waals surface area contributed by atoms with Gasteiger partial charge in [-0.1, -0.05) is 30.3 Å². The van der Waals surface area contributed by atoms with Gasteiger partial charge in [-0.3, -0.25) is 4.79 Å². The standard InChI is InChI=1S/C12H12N2O2S2/c15-12(16)6-10-11(8-18-14-13-10)17-7-9-4-2-1-3-5-9/h1-5,8,14H,6-7H2,(H,15,16). The molecule has 0 unspecified atom stereocenters. The maximum absolute atomic E-state index is 10.7. The van der Waals surface area contributed by atoms with Gasteiger partial charge in [-0.15, -0.1) is 11.8 Å². The van der Waals surface area contributed by atoms with Gasteiger partial charge in [0.15, 0.2) is 0 Å². The smallest absolute Gasteiger partial charge is 0.309 e. The van der Waals surface area contributed by atoms with Crippen LogP contribution in [0, 0.1) is 0 Å². The van der Waals surface area contributed by atoms with Crippen molar-refractivity contribution in [3.8, 4) is 0 Å². The molecule has 0 spiro atoms. The number of hydrogen-bond acceptors (Lipinski definition) is 5. The van der Waals surface area contributed by atoms with Gasteiger partial charge in [0.25, 0.3) is 0 Å². The molecule has 0 bridgehead atoms. The van der Waals surface area contributed by atoms with E-state index in [1.54, 1.807) is 11.8 Å². The van der Waals surface area contributed by atoms with Crippen LogP contribution < -0.4 is 4.83 Å². The van der Waals surface area contributed by atoms with Crippen LogP contribution in [-0.4, -0.2) is 16.8 Å². The van der Waals surface area contributed by atoms with Crippen molar-refractivity contribution in [3.63, 3.8) is 0 Å². The van der Waals surface area contributed by atoms with E-state index in [1.165, 1.54) is 17.5 Å². The van der Waals surface area contributed by atoms with Gasteiger partial charge in [0.1, 0.15) is 0 Å². The van der Waals surface area contributed by atoms with Crippen molar-refractivity contribution in [1.29, 1.82) is 0 Å². The Balaban J connectivity index is 1.97. The lowest BCUT2D eigenvalue weighted by Crippen LogP contribution is -2.14. The number of nitrogens with one attached hydrogen (secondary N) is 1. The number of carboxylic acids is 1. The lowest BCUT2D eigenvalue weighted by Gasteiger charge is -2.13. The first-order valence-corrected chi connectivity index (χ1v) is 7.18. The van der Waals surface area contributed by atoms with Crippen LogP contribution in [0.5, 0.6) is 0 Å². The minimum absolute atomic E-state index is 0.0544. The van der Waals surface area contributed by atoms with Crippen LogP contribution in [0.25, 0.3) is 0 Å². The van der Waals surface area contributed by atoms with Crippen molar-refractivity contribution in [2.45, 2.75) is 12.2 Å². The van der Waals surface area contributed by atoms with Gasteiger partial charge in [-0.2, -0.15) is 5.10 Å². The third-order valence-electron chi connectivity index (χ3n) is 2.24. The van der Waals surface area contributed by atoms with Crippen LogP contribution in [0.1, 0.15) is 12.0 Å². The van der Waals surface area contributed by atoms with Crippen LogP contribution in [0.2, 0.25) is 0 Å². The van der Waals surface area contributed by atoms with Gasteiger partial charge in [0, 0.05) is 16.1 Å². The number of nitrogens with zero attached hydrogens (tertiary/aromatic N) is 1. The summed E-state index contributed by atoms with van der Waals surface area (Å²) in [6.45, 7) is 0. The Hall–Kier alpha value is -1.40. The molecular formula is C12H12N2O2S2. The van der Waals surface area contributed by atoms with Crippen molar-refractivity contribution < 1.29 is 9.90 Å². The Labute approximate surface area is 114 Å². The number of benzene rings is 1. The topological polar surface area (TPSA) is 61.7 Å². The molecule has 0 atom stereocenters. The molecule has 0 fully saturated rings. The average molecular weight is 280 g/mol. The van der Waals surface area contributed by atoms with Crippen molar-refractivity contribution in [3.05, 3.63) is 46.2 Å². The first-order valence-electron chi connectivity index (χ1n) is 5.32. The van der Waals surface area contributed by atoms with Gasteiger partial charge in [0.05, 0.1) is 12.1 Å². The highest BCUT2D eigenvalue weighted by atomic mass is 32.2. The normalized spacial score (nSPS) is 14.4. The third kappa shape index (κ3) is 3.82. The summed E-state index contributed by atoms with van der Waals surface area (Å²) in [7, 11) is 0. The molecule has 2 N–H and O–H groups in total. The zero-order valence-electron chi connectivity index (χ0n) is 9.50. The van der Waals surface area contributed by atoms with Crippen LogP contribution in [0.3, 0.4) is 0 Å². The fraction of sp³-hybridized carbons (Fsp3) is 0.167. The summed E-state index contributed by atoms with van der Waals surface area (Å²) >= 11 is 2.96. The molecule has 1 aliphatic rings. The minimum Gasteiger partial charge on any atom is -0.481 e. The largest absolute Gasteiger partial charge is 0.481 e. The molecule has 1 aromatic carbocycles. The van der Waals surface area contributed by atoms with Crippen LogP contribution >= 0.6 is 23.7 Å². The Bertz CT molecular complexity index is 486. The molecule has 0 radical (unpaired) electrons. The molecule has 6 heteroatoms. The quantitative estimate of drug-likeness (QED) is 0.812. The number of allylic oxidation sites excluding steroid dienone is 1. The second-order valence-corrected chi connectivity index (χ2v) is 5.27. The summed E-state index contributed by atoms with van der Waals surface area (Å²) in [6.07, 6.45) is -0.0544. The van der Waals surface area contributed by atoms with E-state index in [2.05, 4.69) is 22.1 Å².